The molecule has 0 aliphatic carbocycles. The summed E-state index contributed by atoms with van der Waals surface area (Å²) in [6.45, 7) is 1.26. The number of rotatable bonds is 9. The summed E-state index contributed by atoms with van der Waals surface area (Å²) in [6, 6.07) is 9.25. The molecule has 0 atom stereocenters. The van der Waals surface area contributed by atoms with E-state index < -0.39 is 0 Å². The molecule has 10 nitrogen and oxygen atoms in total. The van der Waals surface area contributed by atoms with Gasteiger partial charge in [-0.25, -0.2) is 4.99 Å². The monoisotopic (exact) mass is 438 g/mol. The Morgan fingerprint density at radius 3 is 2.72 bits per heavy atom. The number of methoxy groups -OCH3 is 1. The molecule has 3 rings (SSSR count). The van der Waals surface area contributed by atoms with E-state index in [0.717, 1.165) is 23.0 Å². The second kappa shape index (κ2) is 10.0. The smallest absolute Gasteiger partial charge is 0.148 e. The number of hydrazine groups is 1. The molecule has 1 heterocycles. The fourth-order valence-corrected chi connectivity index (χ4v) is 3.14. The lowest BCUT2D eigenvalue weighted by molar-refractivity contribution is 0.261. The minimum Gasteiger partial charge on any atom is -0.494 e. The molecule has 0 fully saturated rings. The molecule has 2 aromatic carbocycles. The standard InChI is InChI=1S/C22H30N8O2/c1-29(2)7-8-32-20-12-21(31-4)18(10-16(20)23)27-22(24)11-17(28-25)14-5-6-19-15(9-14)13-26-30(19)3/h5-6,9-13,28H,7-8,23,25H2,1-4H3,(H2,24,27)/b17-11-. The highest BCUT2D eigenvalue weighted by Crippen LogP contribution is 2.36. The molecule has 0 spiro atoms. The van der Waals surface area contributed by atoms with Crippen LogP contribution in [0.4, 0.5) is 11.4 Å². The number of nitrogen functional groups attached to an aromatic ring is 1. The number of aryl methyl sites for hydroxylation is 1. The van der Waals surface area contributed by atoms with E-state index in [2.05, 4.69) is 15.5 Å². The van der Waals surface area contributed by atoms with Gasteiger partial charge >= 0.3 is 0 Å². The van der Waals surface area contributed by atoms with Crippen molar-refractivity contribution in [2.24, 2.45) is 23.6 Å². The van der Waals surface area contributed by atoms with Crippen LogP contribution in [-0.2, 0) is 7.05 Å². The summed E-state index contributed by atoms with van der Waals surface area (Å²) in [6.07, 6.45) is 3.44. The van der Waals surface area contributed by atoms with Gasteiger partial charge in [0.1, 0.15) is 29.6 Å². The van der Waals surface area contributed by atoms with E-state index in [-0.39, 0.29) is 5.84 Å². The van der Waals surface area contributed by atoms with Gasteiger partial charge in [0.2, 0.25) is 0 Å². The normalized spacial score (nSPS) is 12.4. The largest absolute Gasteiger partial charge is 0.494 e. The van der Waals surface area contributed by atoms with Crippen LogP contribution in [0.5, 0.6) is 11.5 Å². The van der Waals surface area contributed by atoms with Crippen molar-refractivity contribution in [2.45, 2.75) is 0 Å². The number of benzene rings is 2. The van der Waals surface area contributed by atoms with Gasteiger partial charge in [0.25, 0.3) is 0 Å². The zero-order valence-electron chi connectivity index (χ0n) is 18.8. The zero-order chi connectivity index (χ0) is 23.3. The van der Waals surface area contributed by atoms with E-state index in [1.807, 2.05) is 44.2 Å². The Morgan fingerprint density at radius 2 is 2.03 bits per heavy atom. The number of aromatic nitrogens is 2. The molecular formula is C22H30N8O2. The SMILES string of the molecule is COc1cc(OCCN(C)C)c(N)cc1N=C(N)/C=C(\NN)c1ccc2c(cnn2C)c1. The van der Waals surface area contributed by atoms with Gasteiger partial charge < -0.3 is 31.3 Å². The molecule has 170 valence electrons. The number of nitrogens with zero attached hydrogens (tertiary/aromatic N) is 4. The molecule has 0 amide bonds. The highest BCUT2D eigenvalue weighted by atomic mass is 16.5. The summed E-state index contributed by atoms with van der Waals surface area (Å²) >= 11 is 0. The maximum absolute atomic E-state index is 6.19. The number of anilines is 1. The number of aliphatic imine (C=N–C) groups is 1. The van der Waals surface area contributed by atoms with E-state index in [0.29, 0.717) is 35.2 Å². The number of fused-ring (bicyclic) bond motifs is 1. The van der Waals surface area contributed by atoms with E-state index in [9.17, 15) is 0 Å². The van der Waals surface area contributed by atoms with Gasteiger partial charge in [-0.2, -0.15) is 5.10 Å². The second-order valence-corrected chi connectivity index (χ2v) is 7.49. The molecular weight excluding hydrogens is 408 g/mol. The third-order valence-electron chi connectivity index (χ3n) is 4.86. The quantitative estimate of drug-likeness (QED) is 0.130. The lowest BCUT2D eigenvalue weighted by atomic mass is 10.1. The van der Waals surface area contributed by atoms with Crippen LogP contribution >= 0.6 is 0 Å². The number of hydrogen-bond donors (Lipinski definition) is 4. The number of likely N-dealkylation sites (N-methyl/N-ethyl adjacent to an activating group) is 1. The van der Waals surface area contributed by atoms with Crippen molar-refractivity contribution < 1.29 is 9.47 Å². The van der Waals surface area contributed by atoms with Crippen LogP contribution < -0.4 is 32.2 Å². The lowest BCUT2D eigenvalue weighted by Gasteiger charge is -2.14. The highest BCUT2D eigenvalue weighted by Gasteiger charge is 2.11. The van der Waals surface area contributed by atoms with E-state index in [4.69, 9.17) is 26.8 Å². The summed E-state index contributed by atoms with van der Waals surface area (Å²) in [7, 11) is 7.39. The van der Waals surface area contributed by atoms with Crippen molar-refractivity contribution in [3.8, 4) is 11.5 Å². The molecule has 0 aliphatic rings. The first kappa shape index (κ1) is 22.9. The van der Waals surface area contributed by atoms with Gasteiger partial charge in [-0.15, -0.1) is 0 Å². The summed E-state index contributed by atoms with van der Waals surface area (Å²) in [5.74, 6) is 7.00. The molecule has 0 saturated heterocycles. The molecule has 1 aromatic heterocycles. The van der Waals surface area contributed by atoms with Gasteiger partial charge in [-0.05, 0) is 37.9 Å². The summed E-state index contributed by atoms with van der Waals surface area (Å²) in [5.41, 5.74) is 18.4. The van der Waals surface area contributed by atoms with Crippen LogP contribution in [0.15, 0.2) is 47.6 Å². The fourth-order valence-electron chi connectivity index (χ4n) is 3.14. The second-order valence-electron chi connectivity index (χ2n) is 7.49. The van der Waals surface area contributed by atoms with Crippen molar-refractivity contribution in [1.29, 1.82) is 0 Å². The number of amidine groups is 1. The Balaban J connectivity index is 1.88. The lowest BCUT2D eigenvalue weighted by Crippen LogP contribution is -2.22. The Kier molecular flexibility index (Phi) is 7.18. The first-order chi connectivity index (χ1) is 15.3. The number of ether oxygens (including phenoxy) is 2. The maximum Gasteiger partial charge on any atom is 0.148 e. The molecule has 3 aromatic rings. The minimum absolute atomic E-state index is 0.225. The van der Waals surface area contributed by atoms with Gasteiger partial charge in [0, 0.05) is 31.1 Å². The number of nitrogens with two attached hydrogens (primary N) is 3. The van der Waals surface area contributed by atoms with Crippen LogP contribution in [0, 0.1) is 0 Å². The molecule has 0 aliphatic heterocycles. The van der Waals surface area contributed by atoms with Gasteiger partial charge in [-0.1, -0.05) is 6.07 Å². The van der Waals surface area contributed by atoms with E-state index in [1.54, 1.807) is 36.2 Å². The van der Waals surface area contributed by atoms with Crippen LogP contribution in [0.25, 0.3) is 16.6 Å². The van der Waals surface area contributed by atoms with E-state index >= 15 is 0 Å². The summed E-state index contributed by atoms with van der Waals surface area (Å²) in [5, 5.41) is 5.25. The van der Waals surface area contributed by atoms with Crippen molar-refractivity contribution >= 4 is 33.8 Å². The predicted molar refractivity (Wildman–Crippen MR) is 129 cm³/mol. The summed E-state index contributed by atoms with van der Waals surface area (Å²) in [4.78, 5) is 6.48. The van der Waals surface area contributed by atoms with Crippen molar-refractivity contribution in [1.82, 2.24) is 20.1 Å². The minimum atomic E-state index is 0.225. The van der Waals surface area contributed by atoms with Crippen LogP contribution in [0.2, 0.25) is 0 Å². The summed E-state index contributed by atoms with van der Waals surface area (Å²) < 4.78 is 13.0. The zero-order valence-corrected chi connectivity index (χ0v) is 18.8. The average Bonchev–Trinajstić information content (AvgIpc) is 3.13. The topological polar surface area (TPSA) is 142 Å². The molecule has 0 unspecified atom stereocenters. The molecule has 7 N–H and O–H groups in total. The molecule has 32 heavy (non-hydrogen) atoms. The maximum atomic E-state index is 6.19. The van der Waals surface area contributed by atoms with E-state index in [1.165, 1.54) is 0 Å². The van der Waals surface area contributed by atoms with Crippen molar-refractivity contribution in [3.05, 3.63) is 48.2 Å². The number of nitrogens with one attached hydrogen (secondary N) is 1. The third kappa shape index (κ3) is 5.29. The molecule has 10 heteroatoms. The van der Waals surface area contributed by atoms with Crippen LogP contribution in [0.1, 0.15) is 5.56 Å². The van der Waals surface area contributed by atoms with Gasteiger partial charge in [0.15, 0.2) is 0 Å². The van der Waals surface area contributed by atoms with Crippen LogP contribution in [-0.4, -0.2) is 54.9 Å². The Bertz CT molecular complexity index is 1150. The highest BCUT2D eigenvalue weighted by molar-refractivity contribution is 6.00. The Morgan fingerprint density at radius 1 is 1.25 bits per heavy atom. The molecule has 0 radical (unpaired) electrons. The van der Waals surface area contributed by atoms with Crippen molar-refractivity contribution in [3.63, 3.8) is 0 Å². The number of hydrogen-bond acceptors (Lipinski definition) is 8. The predicted octanol–water partition coefficient (Wildman–Crippen LogP) is 1.60. The fraction of sp³-hybridized carbons (Fsp3) is 0.273. The van der Waals surface area contributed by atoms with Gasteiger partial charge in [0.05, 0.1) is 30.2 Å². The Labute approximate surface area is 187 Å². The Hall–Kier alpha value is -3.76. The van der Waals surface area contributed by atoms with Crippen LogP contribution in [0.3, 0.4) is 0 Å². The first-order valence-electron chi connectivity index (χ1n) is 10.0. The van der Waals surface area contributed by atoms with Gasteiger partial charge in [-0.3, -0.25) is 10.5 Å². The average molecular weight is 439 g/mol. The third-order valence-corrected chi connectivity index (χ3v) is 4.86. The molecule has 0 saturated carbocycles. The first-order valence-corrected chi connectivity index (χ1v) is 10.0. The molecule has 0 bridgehead atoms. The van der Waals surface area contributed by atoms with Crippen molar-refractivity contribution in [2.75, 3.05) is 40.1 Å².